The van der Waals surface area contributed by atoms with E-state index in [-0.39, 0.29) is 0 Å². The van der Waals surface area contributed by atoms with Crippen LogP contribution in [0, 0.1) is 0 Å². The fraction of sp³-hybridized carbons (Fsp3) is 0.0909. The van der Waals surface area contributed by atoms with E-state index in [0.717, 1.165) is 11.1 Å². The number of halogens is 1. The quantitative estimate of drug-likeness (QED) is 0.468. The van der Waals surface area contributed by atoms with Gasteiger partial charge in [0, 0.05) is 5.02 Å². The van der Waals surface area contributed by atoms with Crippen LogP contribution in [-0.2, 0) is 11.4 Å². The first kappa shape index (κ1) is 19.6. The van der Waals surface area contributed by atoms with Gasteiger partial charge in [0.15, 0.2) is 6.10 Å². The van der Waals surface area contributed by atoms with Gasteiger partial charge in [0.2, 0.25) is 0 Å². The third kappa shape index (κ3) is 5.67. The van der Waals surface area contributed by atoms with Crippen molar-refractivity contribution in [1.29, 1.82) is 0 Å². The van der Waals surface area contributed by atoms with Crippen molar-refractivity contribution < 1.29 is 14.6 Å². The number of carbonyl (C=O) groups is 1. The minimum Gasteiger partial charge on any atom is -0.489 e. The van der Waals surface area contributed by atoms with E-state index in [4.69, 9.17) is 16.3 Å². The number of aliphatic hydroxyl groups is 1. The second kappa shape index (κ2) is 9.69. The molecule has 0 fully saturated rings. The molecule has 0 spiro atoms. The Morgan fingerprint density at radius 2 is 1.82 bits per heavy atom. The molecule has 0 heterocycles. The highest BCUT2D eigenvalue weighted by Gasteiger charge is 2.15. The zero-order valence-electron chi connectivity index (χ0n) is 15.0. The minimum absolute atomic E-state index is 0.414. The third-order valence-corrected chi connectivity index (χ3v) is 4.18. The lowest BCUT2D eigenvalue weighted by molar-refractivity contribution is -0.129. The van der Waals surface area contributed by atoms with Gasteiger partial charge in [-0.3, -0.25) is 4.79 Å². The van der Waals surface area contributed by atoms with Crippen LogP contribution in [0.3, 0.4) is 0 Å². The summed E-state index contributed by atoms with van der Waals surface area (Å²) in [7, 11) is 0. The van der Waals surface area contributed by atoms with E-state index >= 15 is 0 Å². The van der Waals surface area contributed by atoms with Crippen LogP contribution in [0.4, 0.5) is 0 Å². The molecular formula is C22H19ClN2O3. The number of amides is 1. The van der Waals surface area contributed by atoms with Gasteiger partial charge >= 0.3 is 0 Å². The largest absolute Gasteiger partial charge is 0.489 e. The van der Waals surface area contributed by atoms with E-state index in [1.807, 2.05) is 48.5 Å². The van der Waals surface area contributed by atoms with Crippen molar-refractivity contribution in [2.45, 2.75) is 12.7 Å². The Labute approximate surface area is 168 Å². The average Bonchev–Trinajstić information content (AvgIpc) is 2.73. The fourth-order valence-corrected chi connectivity index (χ4v) is 2.58. The standard InChI is InChI=1S/C22H19ClN2O3/c23-19-11-9-16(10-12-19)15-28-20-8-4-5-17(13-20)14-24-25-22(27)21(26)18-6-2-1-3-7-18/h1-14,21,26H,15H2,(H,25,27). The van der Waals surface area contributed by atoms with Crippen molar-refractivity contribution in [3.8, 4) is 5.75 Å². The molecule has 0 saturated carbocycles. The van der Waals surface area contributed by atoms with Crippen LogP contribution in [0.25, 0.3) is 0 Å². The molecular weight excluding hydrogens is 376 g/mol. The van der Waals surface area contributed by atoms with Crippen LogP contribution < -0.4 is 10.2 Å². The van der Waals surface area contributed by atoms with Crippen molar-refractivity contribution in [3.63, 3.8) is 0 Å². The van der Waals surface area contributed by atoms with Crippen LogP contribution in [0.2, 0.25) is 5.02 Å². The minimum atomic E-state index is -1.27. The summed E-state index contributed by atoms with van der Waals surface area (Å²) in [6.07, 6.45) is 0.220. The average molecular weight is 395 g/mol. The number of aliphatic hydroxyl groups excluding tert-OH is 1. The number of carbonyl (C=O) groups excluding carboxylic acids is 1. The number of nitrogens with zero attached hydrogens (tertiary/aromatic N) is 1. The smallest absolute Gasteiger partial charge is 0.273 e. The lowest BCUT2D eigenvalue weighted by Gasteiger charge is -2.09. The zero-order valence-corrected chi connectivity index (χ0v) is 15.7. The molecule has 0 radical (unpaired) electrons. The van der Waals surface area contributed by atoms with Gasteiger partial charge in [0.1, 0.15) is 12.4 Å². The normalized spacial score (nSPS) is 11.9. The number of hydrogen-bond acceptors (Lipinski definition) is 4. The molecule has 0 aliphatic rings. The van der Waals surface area contributed by atoms with Crippen molar-refractivity contribution in [3.05, 3.63) is 101 Å². The fourth-order valence-electron chi connectivity index (χ4n) is 2.45. The van der Waals surface area contributed by atoms with Crippen molar-refractivity contribution in [2.75, 3.05) is 0 Å². The van der Waals surface area contributed by atoms with Crippen LogP contribution in [0.15, 0.2) is 84.0 Å². The summed E-state index contributed by atoms with van der Waals surface area (Å²) in [5, 5.41) is 14.6. The van der Waals surface area contributed by atoms with E-state index in [0.29, 0.717) is 22.9 Å². The van der Waals surface area contributed by atoms with E-state index in [9.17, 15) is 9.90 Å². The monoisotopic (exact) mass is 394 g/mol. The Morgan fingerprint density at radius 3 is 2.57 bits per heavy atom. The topological polar surface area (TPSA) is 70.9 Å². The molecule has 3 rings (SSSR count). The summed E-state index contributed by atoms with van der Waals surface area (Å²) in [5.74, 6) is 0.0761. The van der Waals surface area contributed by atoms with Gasteiger partial charge in [-0.2, -0.15) is 5.10 Å². The Bertz CT molecular complexity index is 944. The predicted molar refractivity (Wildman–Crippen MR) is 109 cm³/mol. The lowest BCUT2D eigenvalue weighted by atomic mass is 10.1. The summed E-state index contributed by atoms with van der Waals surface area (Å²) >= 11 is 5.87. The highest BCUT2D eigenvalue weighted by atomic mass is 35.5. The molecule has 3 aromatic rings. The van der Waals surface area contributed by atoms with Gasteiger partial charge in [-0.05, 0) is 41.0 Å². The van der Waals surface area contributed by atoms with Crippen molar-refractivity contribution >= 4 is 23.7 Å². The first-order valence-corrected chi connectivity index (χ1v) is 9.03. The Morgan fingerprint density at radius 1 is 1.07 bits per heavy atom. The summed E-state index contributed by atoms with van der Waals surface area (Å²) in [6.45, 7) is 0.414. The number of benzene rings is 3. The maximum absolute atomic E-state index is 12.0. The molecule has 3 aromatic carbocycles. The molecule has 2 N–H and O–H groups in total. The molecule has 6 heteroatoms. The first-order chi connectivity index (χ1) is 13.6. The van der Waals surface area contributed by atoms with Gasteiger partial charge in [-0.15, -0.1) is 0 Å². The highest BCUT2D eigenvalue weighted by molar-refractivity contribution is 6.30. The Kier molecular flexibility index (Phi) is 6.78. The molecule has 1 amide bonds. The SMILES string of the molecule is O=C(NN=Cc1cccc(OCc2ccc(Cl)cc2)c1)C(O)c1ccccc1. The van der Waals surface area contributed by atoms with E-state index in [2.05, 4.69) is 10.5 Å². The van der Waals surface area contributed by atoms with Crippen molar-refractivity contribution in [1.82, 2.24) is 5.43 Å². The van der Waals surface area contributed by atoms with Crippen LogP contribution in [0.1, 0.15) is 22.8 Å². The van der Waals surface area contributed by atoms with Crippen molar-refractivity contribution in [2.24, 2.45) is 5.10 Å². The summed E-state index contributed by atoms with van der Waals surface area (Å²) in [5.41, 5.74) is 4.60. The maximum atomic E-state index is 12.0. The number of hydrazone groups is 1. The molecule has 1 atom stereocenters. The second-order valence-electron chi connectivity index (χ2n) is 6.04. The summed E-state index contributed by atoms with van der Waals surface area (Å²) in [4.78, 5) is 12.0. The molecule has 1 unspecified atom stereocenters. The van der Waals surface area contributed by atoms with E-state index in [1.165, 1.54) is 6.21 Å². The molecule has 0 aliphatic heterocycles. The Hall–Kier alpha value is -3.15. The van der Waals surface area contributed by atoms with Crippen LogP contribution in [-0.4, -0.2) is 17.2 Å². The van der Waals surface area contributed by atoms with Crippen LogP contribution in [0.5, 0.6) is 5.75 Å². The Balaban J connectivity index is 1.55. The molecule has 0 aliphatic carbocycles. The number of rotatable bonds is 7. The van der Waals surface area contributed by atoms with Gasteiger partial charge in [-0.25, -0.2) is 5.43 Å². The summed E-state index contributed by atoms with van der Waals surface area (Å²) < 4.78 is 5.76. The maximum Gasteiger partial charge on any atom is 0.273 e. The molecule has 5 nitrogen and oxygen atoms in total. The zero-order chi connectivity index (χ0) is 19.8. The van der Waals surface area contributed by atoms with E-state index < -0.39 is 12.0 Å². The predicted octanol–water partition coefficient (Wildman–Crippen LogP) is 4.10. The van der Waals surface area contributed by atoms with Crippen LogP contribution >= 0.6 is 11.6 Å². The number of nitrogens with one attached hydrogen (secondary N) is 1. The molecule has 0 saturated heterocycles. The van der Waals surface area contributed by atoms with Gasteiger partial charge in [-0.1, -0.05) is 66.2 Å². The van der Waals surface area contributed by atoms with E-state index in [1.54, 1.807) is 30.3 Å². The van der Waals surface area contributed by atoms with Gasteiger partial charge in [0.05, 0.1) is 6.21 Å². The molecule has 0 bridgehead atoms. The van der Waals surface area contributed by atoms with Gasteiger partial charge in [0.25, 0.3) is 5.91 Å². The second-order valence-corrected chi connectivity index (χ2v) is 6.47. The third-order valence-electron chi connectivity index (χ3n) is 3.93. The first-order valence-electron chi connectivity index (χ1n) is 8.65. The lowest BCUT2D eigenvalue weighted by Crippen LogP contribution is -2.25. The molecule has 28 heavy (non-hydrogen) atoms. The molecule has 142 valence electrons. The number of ether oxygens (including phenoxy) is 1. The highest BCUT2D eigenvalue weighted by Crippen LogP contribution is 2.16. The molecule has 0 aromatic heterocycles. The van der Waals surface area contributed by atoms with Gasteiger partial charge < -0.3 is 9.84 Å². The number of hydrogen-bond donors (Lipinski definition) is 2. The summed E-state index contributed by atoms with van der Waals surface area (Å²) in [6, 6.07) is 23.4.